The first-order chi connectivity index (χ1) is 14.7. The summed E-state index contributed by atoms with van der Waals surface area (Å²) in [5, 5.41) is 8.48. The monoisotopic (exact) mass is 413 g/mol. The zero-order valence-corrected chi connectivity index (χ0v) is 17.6. The lowest BCUT2D eigenvalue weighted by Gasteiger charge is -2.12. The molecule has 0 bridgehead atoms. The van der Waals surface area contributed by atoms with Crippen LogP contribution < -0.4 is 10.6 Å². The summed E-state index contributed by atoms with van der Waals surface area (Å²) in [5.41, 5.74) is 8.43. The Balaban J connectivity index is 1.43. The summed E-state index contributed by atoms with van der Waals surface area (Å²) in [5.74, 6) is -0.109. The molecule has 0 saturated carbocycles. The van der Waals surface area contributed by atoms with E-state index in [1.807, 2.05) is 85.2 Å². The zero-order valence-electron chi connectivity index (χ0n) is 16.8. The molecule has 0 atom stereocenters. The standard InChI is InChI=1S/C25H23N3OS/c1-18-7-12-23(19-5-3-2-4-6-19)24(15-18)25(29)28-21-10-8-20(9-11-21)26-14-13-22-16-30-17-27-22/h2-12,15-17,26H,13-14H2,1H3,(H,28,29). The Morgan fingerprint density at radius 1 is 0.967 bits per heavy atom. The van der Waals surface area contributed by atoms with Gasteiger partial charge in [0.25, 0.3) is 5.91 Å². The number of amides is 1. The van der Waals surface area contributed by atoms with Crippen LogP contribution in [0.15, 0.2) is 83.7 Å². The quantitative estimate of drug-likeness (QED) is 0.389. The van der Waals surface area contributed by atoms with E-state index in [4.69, 9.17) is 0 Å². The van der Waals surface area contributed by atoms with Gasteiger partial charge in [-0.3, -0.25) is 4.79 Å². The van der Waals surface area contributed by atoms with Gasteiger partial charge in [-0.1, -0.05) is 48.0 Å². The molecule has 4 aromatic rings. The third-order valence-electron chi connectivity index (χ3n) is 4.84. The molecule has 0 fully saturated rings. The largest absolute Gasteiger partial charge is 0.385 e. The van der Waals surface area contributed by atoms with Gasteiger partial charge >= 0.3 is 0 Å². The average Bonchev–Trinajstić information content (AvgIpc) is 3.29. The zero-order chi connectivity index (χ0) is 20.8. The number of aromatic nitrogens is 1. The number of carbonyl (C=O) groups is 1. The highest BCUT2D eigenvalue weighted by Gasteiger charge is 2.13. The van der Waals surface area contributed by atoms with Gasteiger partial charge in [0, 0.05) is 35.3 Å². The summed E-state index contributed by atoms with van der Waals surface area (Å²) in [4.78, 5) is 17.3. The van der Waals surface area contributed by atoms with Crippen LogP contribution in [0.25, 0.3) is 11.1 Å². The molecule has 0 radical (unpaired) electrons. The second kappa shape index (κ2) is 9.37. The highest BCUT2D eigenvalue weighted by Crippen LogP contribution is 2.26. The van der Waals surface area contributed by atoms with Crippen molar-refractivity contribution in [2.24, 2.45) is 0 Å². The smallest absolute Gasteiger partial charge is 0.256 e. The number of hydrogen-bond acceptors (Lipinski definition) is 4. The molecular weight excluding hydrogens is 390 g/mol. The predicted molar refractivity (Wildman–Crippen MR) is 125 cm³/mol. The maximum Gasteiger partial charge on any atom is 0.256 e. The van der Waals surface area contributed by atoms with Crippen LogP contribution in [-0.2, 0) is 6.42 Å². The first kappa shape index (κ1) is 19.9. The van der Waals surface area contributed by atoms with E-state index in [0.717, 1.165) is 46.7 Å². The molecule has 30 heavy (non-hydrogen) atoms. The van der Waals surface area contributed by atoms with Crippen molar-refractivity contribution in [3.63, 3.8) is 0 Å². The van der Waals surface area contributed by atoms with E-state index in [1.165, 1.54) is 0 Å². The third-order valence-corrected chi connectivity index (χ3v) is 5.48. The lowest BCUT2D eigenvalue weighted by Crippen LogP contribution is -2.13. The maximum atomic E-state index is 13.0. The van der Waals surface area contributed by atoms with Crippen molar-refractivity contribution in [3.8, 4) is 11.1 Å². The fourth-order valence-corrected chi connectivity index (χ4v) is 3.87. The molecule has 0 unspecified atom stereocenters. The van der Waals surface area contributed by atoms with Crippen LogP contribution in [0, 0.1) is 6.92 Å². The van der Waals surface area contributed by atoms with Gasteiger partial charge in [-0.15, -0.1) is 11.3 Å². The summed E-state index contributed by atoms with van der Waals surface area (Å²) in [6, 6.07) is 23.8. The van der Waals surface area contributed by atoms with Crippen LogP contribution in [-0.4, -0.2) is 17.4 Å². The molecule has 0 aliphatic carbocycles. The van der Waals surface area contributed by atoms with Crippen LogP contribution >= 0.6 is 11.3 Å². The number of aryl methyl sites for hydroxylation is 1. The normalized spacial score (nSPS) is 10.6. The summed E-state index contributed by atoms with van der Waals surface area (Å²) in [6.07, 6.45) is 0.887. The molecule has 1 amide bonds. The number of thiazole rings is 1. The van der Waals surface area contributed by atoms with E-state index in [-0.39, 0.29) is 5.91 Å². The summed E-state index contributed by atoms with van der Waals surface area (Å²) in [6.45, 7) is 2.82. The molecular formula is C25H23N3OS. The molecule has 1 heterocycles. The molecule has 0 aliphatic heterocycles. The molecule has 1 aromatic heterocycles. The average molecular weight is 414 g/mol. The molecule has 4 nitrogen and oxygen atoms in total. The number of nitrogens with zero attached hydrogens (tertiary/aromatic N) is 1. The Morgan fingerprint density at radius 2 is 1.73 bits per heavy atom. The lowest BCUT2D eigenvalue weighted by molar-refractivity contribution is 0.102. The number of benzene rings is 3. The summed E-state index contributed by atoms with van der Waals surface area (Å²) in [7, 11) is 0. The number of nitrogens with one attached hydrogen (secondary N) is 2. The molecule has 4 rings (SSSR count). The Kier molecular flexibility index (Phi) is 6.20. The molecule has 150 valence electrons. The van der Waals surface area contributed by atoms with E-state index < -0.39 is 0 Å². The molecule has 5 heteroatoms. The second-order valence-electron chi connectivity index (χ2n) is 7.10. The summed E-state index contributed by atoms with van der Waals surface area (Å²) >= 11 is 1.61. The topological polar surface area (TPSA) is 54.0 Å². The predicted octanol–water partition coefficient (Wildman–Crippen LogP) is 6.03. The molecule has 2 N–H and O–H groups in total. The van der Waals surface area contributed by atoms with Crippen LogP contribution in [0.2, 0.25) is 0 Å². The molecule has 3 aromatic carbocycles. The first-order valence-corrected chi connectivity index (χ1v) is 10.8. The number of carbonyl (C=O) groups excluding carboxylic acids is 1. The maximum absolute atomic E-state index is 13.0. The Labute approximate surface area is 180 Å². The second-order valence-corrected chi connectivity index (χ2v) is 7.82. The highest BCUT2D eigenvalue weighted by molar-refractivity contribution is 7.07. The van der Waals surface area contributed by atoms with Crippen molar-refractivity contribution >= 4 is 28.6 Å². The van der Waals surface area contributed by atoms with E-state index in [0.29, 0.717) is 5.56 Å². The van der Waals surface area contributed by atoms with Crippen molar-refractivity contribution < 1.29 is 4.79 Å². The number of rotatable bonds is 7. The Hall–Kier alpha value is -3.44. The van der Waals surface area contributed by atoms with Crippen LogP contribution in [0.5, 0.6) is 0 Å². The van der Waals surface area contributed by atoms with Crippen molar-refractivity contribution in [3.05, 3.63) is 101 Å². The van der Waals surface area contributed by atoms with Gasteiger partial charge in [-0.25, -0.2) is 4.98 Å². The van der Waals surface area contributed by atoms with Crippen molar-refractivity contribution in [2.45, 2.75) is 13.3 Å². The minimum Gasteiger partial charge on any atom is -0.385 e. The van der Waals surface area contributed by atoms with E-state index in [2.05, 4.69) is 21.0 Å². The molecule has 0 aliphatic rings. The van der Waals surface area contributed by atoms with Crippen molar-refractivity contribution in [2.75, 3.05) is 17.2 Å². The van der Waals surface area contributed by atoms with Gasteiger partial charge < -0.3 is 10.6 Å². The molecule has 0 saturated heterocycles. The van der Waals surface area contributed by atoms with Crippen molar-refractivity contribution in [1.29, 1.82) is 0 Å². The minimum absolute atomic E-state index is 0.109. The van der Waals surface area contributed by atoms with Crippen molar-refractivity contribution in [1.82, 2.24) is 4.98 Å². The van der Waals surface area contributed by atoms with E-state index in [9.17, 15) is 4.79 Å². The van der Waals surface area contributed by atoms with Gasteiger partial charge in [0.2, 0.25) is 0 Å². The highest BCUT2D eigenvalue weighted by atomic mass is 32.1. The number of hydrogen-bond donors (Lipinski definition) is 2. The lowest BCUT2D eigenvalue weighted by atomic mass is 9.97. The Morgan fingerprint density at radius 3 is 2.47 bits per heavy atom. The van der Waals surface area contributed by atoms with E-state index in [1.54, 1.807) is 11.3 Å². The first-order valence-electron chi connectivity index (χ1n) is 9.87. The number of anilines is 2. The van der Waals surface area contributed by atoms with Gasteiger partial charge in [0.15, 0.2) is 0 Å². The molecule has 0 spiro atoms. The van der Waals surface area contributed by atoms with Crippen LogP contribution in [0.1, 0.15) is 21.6 Å². The fourth-order valence-electron chi connectivity index (χ4n) is 3.28. The third kappa shape index (κ3) is 4.93. The Bertz CT molecular complexity index is 1110. The van der Waals surface area contributed by atoms with Crippen LogP contribution in [0.4, 0.5) is 11.4 Å². The van der Waals surface area contributed by atoms with Crippen LogP contribution in [0.3, 0.4) is 0 Å². The minimum atomic E-state index is -0.109. The fraction of sp³-hybridized carbons (Fsp3) is 0.120. The van der Waals surface area contributed by atoms with E-state index >= 15 is 0 Å². The van der Waals surface area contributed by atoms with Gasteiger partial charge in [-0.05, 0) is 48.4 Å². The van der Waals surface area contributed by atoms with Gasteiger partial charge in [0.05, 0.1) is 11.2 Å². The van der Waals surface area contributed by atoms with Gasteiger partial charge in [-0.2, -0.15) is 0 Å². The van der Waals surface area contributed by atoms with Gasteiger partial charge in [0.1, 0.15) is 0 Å². The summed E-state index contributed by atoms with van der Waals surface area (Å²) < 4.78 is 0. The SMILES string of the molecule is Cc1ccc(-c2ccccc2)c(C(=O)Nc2ccc(NCCc3cscn3)cc2)c1.